The summed E-state index contributed by atoms with van der Waals surface area (Å²) in [5, 5.41) is 0. The molecule has 0 radical (unpaired) electrons. The quantitative estimate of drug-likeness (QED) is 0.338. The van der Waals surface area contributed by atoms with Crippen LogP contribution in [0.5, 0.6) is 5.75 Å². The standard InChI is InChI=1S/C13H17IO2/c1-2-3-4-5-6-13(15)16-12-9-7-11(14)8-10-12/h7-10H,2-6H2,1H3. The SMILES string of the molecule is CCCCCCC(=O)Oc1ccc(I)cc1. The fourth-order valence-corrected chi connectivity index (χ4v) is 1.74. The van der Waals surface area contributed by atoms with E-state index in [0.717, 1.165) is 16.4 Å². The van der Waals surface area contributed by atoms with Crippen molar-refractivity contribution < 1.29 is 9.53 Å². The first-order chi connectivity index (χ1) is 7.72. The lowest BCUT2D eigenvalue weighted by atomic mass is 10.1. The van der Waals surface area contributed by atoms with E-state index in [4.69, 9.17) is 4.74 Å². The fourth-order valence-electron chi connectivity index (χ4n) is 1.38. The molecule has 0 unspecified atom stereocenters. The fraction of sp³-hybridized carbons (Fsp3) is 0.462. The van der Waals surface area contributed by atoms with Gasteiger partial charge in [0, 0.05) is 9.99 Å². The Balaban J connectivity index is 2.26. The molecule has 0 aliphatic heterocycles. The van der Waals surface area contributed by atoms with Crippen LogP contribution in [0.2, 0.25) is 0 Å². The Morgan fingerprint density at radius 3 is 2.50 bits per heavy atom. The van der Waals surface area contributed by atoms with E-state index >= 15 is 0 Å². The van der Waals surface area contributed by atoms with Crippen LogP contribution in [0, 0.1) is 3.57 Å². The van der Waals surface area contributed by atoms with Crippen molar-refractivity contribution in [3.05, 3.63) is 27.8 Å². The van der Waals surface area contributed by atoms with Crippen molar-refractivity contribution in [3.63, 3.8) is 0 Å². The molecule has 3 heteroatoms. The van der Waals surface area contributed by atoms with Gasteiger partial charge in [-0.2, -0.15) is 0 Å². The molecule has 1 aromatic rings. The molecule has 0 saturated carbocycles. The molecule has 0 saturated heterocycles. The van der Waals surface area contributed by atoms with Gasteiger partial charge in [-0.1, -0.05) is 26.2 Å². The van der Waals surface area contributed by atoms with E-state index < -0.39 is 0 Å². The summed E-state index contributed by atoms with van der Waals surface area (Å²) in [6.07, 6.45) is 4.93. The molecule has 2 nitrogen and oxygen atoms in total. The number of halogens is 1. The molecule has 1 aromatic carbocycles. The van der Waals surface area contributed by atoms with Gasteiger partial charge in [0.1, 0.15) is 5.75 Å². The van der Waals surface area contributed by atoms with Gasteiger partial charge in [-0.15, -0.1) is 0 Å². The van der Waals surface area contributed by atoms with Gasteiger partial charge in [-0.25, -0.2) is 0 Å². The number of benzene rings is 1. The Bertz CT molecular complexity index is 319. The third-order valence-corrected chi connectivity index (χ3v) is 3.00. The summed E-state index contributed by atoms with van der Waals surface area (Å²) in [5.74, 6) is 0.512. The minimum Gasteiger partial charge on any atom is -0.427 e. The summed E-state index contributed by atoms with van der Waals surface area (Å²) in [7, 11) is 0. The second-order valence-corrected chi connectivity index (χ2v) is 4.98. The van der Waals surface area contributed by atoms with Gasteiger partial charge in [-0.3, -0.25) is 4.79 Å². The zero-order valence-electron chi connectivity index (χ0n) is 9.54. The van der Waals surface area contributed by atoms with Gasteiger partial charge < -0.3 is 4.74 Å². The van der Waals surface area contributed by atoms with Crippen molar-refractivity contribution in [1.82, 2.24) is 0 Å². The number of hydrogen-bond acceptors (Lipinski definition) is 2. The predicted molar refractivity (Wildman–Crippen MR) is 73.6 cm³/mol. The van der Waals surface area contributed by atoms with E-state index in [1.165, 1.54) is 12.8 Å². The monoisotopic (exact) mass is 332 g/mol. The molecule has 0 aliphatic carbocycles. The van der Waals surface area contributed by atoms with Crippen LogP contribution in [0.4, 0.5) is 0 Å². The normalized spacial score (nSPS) is 10.1. The molecule has 0 N–H and O–H groups in total. The second-order valence-electron chi connectivity index (χ2n) is 3.74. The second kappa shape index (κ2) is 7.65. The molecule has 0 bridgehead atoms. The summed E-state index contributed by atoms with van der Waals surface area (Å²) < 4.78 is 6.35. The molecule has 0 aliphatic rings. The Labute approximate surface area is 111 Å². The number of unbranched alkanes of at least 4 members (excludes halogenated alkanes) is 3. The number of ether oxygens (including phenoxy) is 1. The van der Waals surface area contributed by atoms with Crippen LogP contribution >= 0.6 is 22.6 Å². The molecule has 0 fully saturated rings. The third kappa shape index (κ3) is 5.49. The molecule has 0 spiro atoms. The highest BCUT2D eigenvalue weighted by Crippen LogP contribution is 2.14. The number of carbonyl (C=O) groups is 1. The van der Waals surface area contributed by atoms with Crippen molar-refractivity contribution >= 4 is 28.6 Å². The third-order valence-electron chi connectivity index (χ3n) is 2.28. The Morgan fingerprint density at radius 2 is 1.88 bits per heavy atom. The van der Waals surface area contributed by atoms with E-state index in [9.17, 15) is 4.79 Å². The molecule has 16 heavy (non-hydrogen) atoms. The van der Waals surface area contributed by atoms with Crippen molar-refractivity contribution in [2.45, 2.75) is 39.0 Å². The highest BCUT2D eigenvalue weighted by molar-refractivity contribution is 14.1. The maximum absolute atomic E-state index is 11.4. The van der Waals surface area contributed by atoms with Crippen LogP contribution in [0.1, 0.15) is 39.0 Å². The van der Waals surface area contributed by atoms with Crippen molar-refractivity contribution in [2.24, 2.45) is 0 Å². The lowest BCUT2D eigenvalue weighted by Gasteiger charge is -2.03. The first-order valence-corrected chi connectivity index (χ1v) is 6.76. The molecule has 0 aromatic heterocycles. The molecular formula is C13H17IO2. The van der Waals surface area contributed by atoms with Crippen LogP contribution in [-0.4, -0.2) is 5.97 Å². The van der Waals surface area contributed by atoms with Crippen LogP contribution in [0.3, 0.4) is 0 Å². The highest BCUT2D eigenvalue weighted by Gasteiger charge is 2.03. The minimum atomic E-state index is -0.127. The summed E-state index contributed by atoms with van der Waals surface area (Å²) in [4.78, 5) is 11.4. The largest absolute Gasteiger partial charge is 0.427 e. The van der Waals surface area contributed by atoms with Crippen molar-refractivity contribution in [2.75, 3.05) is 0 Å². The summed E-state index contributed by atoms with van der Waals surface area (Å²) in [6.45, 7) is 2.16. The van der Waals surface area contributed by atoms with Crippen molar-refractivity contribution in [1.29, 1.82) is 0 Å². The van der Waals surface area contributed by atoms with E-state index in [2.05, 4.69) is 29.5 Å². The topological polar surface area (TPSA) is 26.3 Å². The summed E-state index contributed by atoms with van der Waals surface area (Å²) >= 11 is 2.22. The lowest BCUT2D eigenvalue weighted by Crippen LogP contribution is -2.07. The Hall–Kier alpha value is -0.580. The van der Waals surface area contributed by atoms with Gasteiger partial charge in [0.2, 0.25) is 0 Å². The highest BCUT2D eigenvalue weighted by atomic mass is 127. The smallest absolute Gasteiger partial charge is 0.311 e. The number of rotatable bonds is 6. The van der Waals surface area contributed by atoms with Crippen LogP contribution in [-0.2, 0) is 4.79 Å². The van der Waals surface area contributed by atoms with Gasteiger partial charge in [0.15, 0.2) is 0 Å². The lowest BCUT2D eigenvalue weighted by molar-refractivity contribution is -0.134. The predicted octanol–water partition coefficient (Wildman–Crippen LogP) is 4.17. The average molecular weight is 332 g/mol. The number of hydrogen-bond donors (Lipinski definition) is 0. The van der Waals surface area contributed by atoms with Gasteiger partial charge in [-0.05, 0) is 53.3 Å². The van der Waals surface area contributed by atoms with E-state index in [1.54, 1.807) is 0 Å². The first kappa shape index (κ1) is 13.5. The van der Waals surface area contributed by atoms with Crippen molar-refractivity contribution in [3.8, 4) is 5.75 Å². The molecule has 1 rings (SSSR count). The van der Waals surface area contributed by atoms with E-state index in [1.807, 2.05) is 24.3 Å². The number of esters is 1. The zero-order valence-corrected chi connectivity index (χ0v) is 11.7. The van der Waals surface area contributed by atoms with Crippen LogP contribution < -0.4 is 4.74 Å². The van der Waals surface area contributed by atoms with E-state index in [0.29, 0.717) is 12.2 Å². The average Bonchev–Trinajstić information content (AvgIpc) is 2.28. The zero-order chi connectivity index (χ0) is 11.8. The minimum absolute atomic E-state index is 0.127. The van der Waals surface area contributed by atoms with Crippen LogP contribution in [0.25, 0.3) is 0 Å². The Morgan fingerprint density at radius 1 is 1.19 bits per heavy atom. The van der Waals surface area contributed by atoms with Crippen LogP contribution in [0.15, 0.2) is 24.3 Å². The van der Waals surface area contributed by atoms with Gasteiger partial charge in [0.25, 0.3) is 0 Å². The molecule has 88 valence electrons. The maximum atomic E-state index is 11.4. The summed E-state index contributed by atoms with van der Waals surface area (Å²) in [5.41, 5.74) is 0. The van der Waals surface area contributed by atoms with E-state index in [-0.39, 0.29) is 5.97 Å². The molecular weight excluding hydrogens is 315 g/mol. The molecule has 0 amide bonds. The Kier molecular flexibility index (Phi) is 6.45. The summed E-state index contributed by atoms with van der Waals surface area (Å²) in [6, 6.07) is 7.51. The molecule has 0 heterocycles. The maximum Gasteiger partial charge on any atom is 0.311 e. The first-order valence-electron chi connectivity index (χ1n) is 5.68. The van der Waals surface area contributed by atoms with Gasteiger partial charge >= 0.3 is 5.97 Å². The molecule has 0 atom stereocenters. The number of carbonyl (C=O) groups excluding carboxylic acids is 1. The van der Waals surface area contributed by atoms with Gasteiger partial charge in [0.05, 0.1) is 0 Å².